The van der Waals surface area contributed by atoms with Gasteiger partial charge in [-0.1, -0.05) is 0 Å². The van der Waals surface area contributed by atoms with Gasteiger partial charge in [-0.15, -0.1) is 0 Å². The number of aromatic nitrogens is 1. The van der Waals surface area contributed by atoms with Crippen LogP contribution in [0.5, 0.6) is 0 Å². The van der Waals surface area contributed by atoms with Crippen LogP contribution in [0.25, 0.3) is 0 Å². The number of hydrogen-bond acceptors (Lipinski definition) is 4. The standard InChI is InChI=1S/C20H22F3N3O2/c21-20(22,23)14-5-7-15(8-6-14)26-19(28)17-2-1-11-24-18(17)25-12-13-3-9-16(27)10-4-13/h1-2,5-8,11,13,16,27H,3-4,9-10,12H2,(H,24,25)(H,26,28). The first-order valence-electron chi connectivity index (χ1n) is 9.18. The Morgan fingerprint density at radius 3 is 2.43 bits per heavy atom. The van der Waals surface area contributed by atoms with E-state index in [9.17, 15) is 23.1 Å². The van der Waals surface area contributed by atoms with Gasteiger partial charge in [-0.05, 0) is 68.0 Å². The van der Waals surface area contributed by atoms with Gasteiger partial charge < -0.3 is 15.7 Å². The number of carbonyl (C=O) groups excluding carboxylic acids is 1. The van der Waals surface area contributed by atoms with Gasteiger partial charge in [0.15, 0.2) is 0 Å². The molecule has 1 amide bonds. The zero-order valence-electron chi connectivity index (χ0n) is 15.2. The second-order valence-electron chi connectivity index (χ2n) is 6.98. The Kier molecular flexibility index (Phi) is 6.18. The summed E-state index contributed by atoms with van der Waals surface area (Å²) in [6, 6.07) is 7.53. The van der Waals surface area contributed by atoms with Crippen molar-refractivity contribution in [1.82, 2.24) is 4.98 Å². The molecule has 1 fully saturated rings. The summed E-state index contributed by atoms with van der Waals surface area (Å²) in [5, 5.41) is 15.4. The van der Waals surface area contributed by atoms with Gasteiger partial charge in [0.1, 0.15) is 5.82 Å². The maximum Gasteiger partial charge on any atom is 0.416 e. The van der Waals surface area contributed by atoms with Crippen molar-refractivity contribution >= 4 is 17.4 Å². The van der Waals surface area contributed by atoms with Crippen LogP contribution in [-0.4, -0.2) is 28.6 Å². The highest BCUT2D eigenvalue weighted by molar-refractivity contribution is 6.07. The molecule has 3 rings (SSSR count). The van der Waals surface area contributed by atoms with Crippen molar-refractivity contribution in [3.05, 3.63) is 53.7 Å². The van der Waals surface area contributed by atoms with Crippen LogP contribution < -0.4 is 10.6 Å². The number of carbonyl (C=O) groups is 1. The first kappa shape index (κ1) is 20.1. The highest BCUT2D eigenvalue weighted by atomic mass is 19.4. The van der Waals surface area contributed by atoms with Crippen LogP contribution in [0.3, 0.4) is 0 Å². The Morgan fingerprint density at radius 2 is 1.79 bits per heavy atom. The number of rotatable bonds is 5. The van der Waals surface area contributed by atoms with Crippen LogP contribution in [0.2, 0.25) is 0 Å². The maximum atomic E-state index is 12.6. The lowest BCUT2D eigenvalue weighted by Gasteiger charge is -2.25. The molecular weight excluding hydrogens is 371 g/mol. The first-order valence-corrected chi connectivity index (χ1v) is 9.18. The fourth-order valence-corrected chi connectivity index (χ4v) is 3.26. The highest BCUT2D eigenvalue weighted by Crippen LogP contribution is 2.30. The molecule has 1 aromatic heterocycles. The average Bonchev–Trinajstić information content (AvgIpc) is 2.67. The largest absolute Gasteiger partial charge is 0.416 e. The van der Waals surface area contributed by atoms with E-state index in [0.717, 1.165) is 37.8 Å². The van der Waals surface area contributed by atoms with E-state index in [0.29, 0.717) is 23.8 Å². The van der Waals surface area contributed by atoms with E-state index in [4.69, 9.17) is 0 Å². The number of alkyl halides is 3. The monoisotopic (exact) mass is 393 g/mol. The highest BCUT2D eigenvalue weighted by Gasteiger charge is 2.30. The molecule has 0 radical (unpaired) electrons. The number of nitrogens with zero attached hydrogens (tertiary/aromatic N) is 1. The van der Waals surface area contributed by atoms with Crippen molar-refractivity contribution in [3.8, 4) is 0 Å². The maximum absolute atomic E-state index is 12.6. The zero-order chi connectivity index (χ0) is 20.1. The van der Waals surface area contributed by atoms with E-state index < -0.39 is 17.6 Å². The van der Waals surface area contributed by atoms with E-state index in [1.54, 1.807) is 18.3 Å². The zero-order valence-corrected chi connectivity index (χ0v) is 15.2. The summed E-state index contributed by atoms with van der Waals surface area (Å²) in [5.74, 6) is 0.378. The molecule has 3 N–H and O–H groups in total. The third-order valence-electron chi connectivity index (χ3n) is 4.90. The number of benzene rings is 1. The fraction of sp³-hybridized carbons (Fsp3) is 0.400. The lowest BCUT2D eigenvalue weighted by molar-refractivity contribution is -0.137. The lowest BCUT2D eigenvalue weighted by Crippen LogP contribution is -2.24. The predicted octanol–water partition coefficient (Wildman–Crippen LogP) is 4.32. The molecule has 5 nitrogen and oxygen atoms in total. The third kappa shape index (κ3) is 5.22. The Balaban J connectivity index is 1.64. The minimum Gasteiger partial charge on any atom is -0.393 e. The second-order valence-corrected chi connectivity index (χ2v) is 6.98. The average molecular weight is 393 g/mol. The Hall–Kier alpha value is -2.61. The molecule has 2 aromatic rings. The number of amides is 1. The van der Waals surface area contributed by atoms with Gasteiger partial charge in [0.05, 0.1) is 17.2 Å². The Labute approximate surface area is 161 Å². The summed E-state index contributed by atoms with van der Waals surface area (Å²) < 4.78 is 37.9. The summed E-state index contributed by atoms with van der Waals surface area (Å²) in [6.45, 7) is 0.643. The molecule has 0 aliphatic heterocycles. The van der Waals surface area contributed by atoms with Gasteiger partial charge in [0.25, 0.3) is 5.91 Å². The predicted molar refractivity (Wildman–Crippen MR) is 100 cm³/mol. The normalized spacial score (nSPS) is 19.9. The van der Waals surface area contributed by atoms with Crippen molar-refractivity contribution in [1.29, 1.82) is 0 Å². The van der Waals surface area contributed by atoms with Crippen molar-refractivity contribution in [2.24, 2.45) is 5.92 Å². The smallest absolute Gasteiger partial charge is 0.393 e. The molecule has 1 heterocycles. The van der Waals surface area contributed by atoms with Crippen LogP contribution in [0.15, 0.2) is 42.6 Å². The molecule has 1 saturated carbocycles. The molecular formula is C20H22F3N3O2. The molecule has 1 aliphatic rings. The molecule has 0 bridgehead atoms. The molecule has 0 saturated heterocycles. The van der Waals surface area contributed by atoms with Gasteiger partial charge in [0, 0.05) is 18.4 Å². The Bertz CT molecular complexity index is 801. The lowest BCUT2D eigenvalue weighted by atomic mass is 9.87. The number of nitrogens with one attached hydrogen (secondary N) is 2. The molecule has 28 heavy (non-hydrogen) atoms. The van der Waals surface area contributed by atoms with E-state index >= 15 is 0 Å². The molecule has 150 valence electrons. The summed E-state index contributed by atoms with van der Waals surface area (Å²) >= 11 is 0. The SMILES string of the molecule is O=C(Nc1ccc(C(F)(F)F)cc1)c1cccnc1NCC1CCC(O)CC1. The molecule has 1 aliphatic carbocycles. The number of halogens is 3. The van der Waals surface area contributed by atoms with E-state index in [2.05, 4.69) is 15.6 Å². The second kappa shape index (κ2) is 8.60. The number of pyridine rings is 1. The van der Waals surface area contributed by atoms with Crippen LogP contribution >= 0.6 is 0 Å². The van der Waals surface area contributed by atoms with E-state index in [1.807, 2.05) is 0 Å². The van der Waals surface area contributed by atoms with Crippen molar-refractivity contribution < 1.29 is 23.1 Å². The fourth-order valence-electron chi connectivity index (χ4n) is 3.26. The van der Waals surface area contributed by atoms with Crippen LogP contribution in [0, 0.1) is 5.92 Å². The van der Waals surface area contributed by atoms with Gasteiger partial charge in [-0.3, -0.25) is 4.79 Å². The number of anilines is 2. The first-order chi connectivity index (χ1) is 13.3. The number of aliphatic hydroxyl groups is 1. The van der Waals surface area contributed by atoms with Gasteiger partial charge in [0.2, 0.25) is 0 Å². The van der Waals surface area contributed by atoms with Crippen LogP contribution in [-0.2, 0) is 6.18 Å². The quantitative estimate of drug-likeness (QED) is 0.708. The van der Waals surface area contributed by atoms with Crippen molar-refractivity contribution in [2.45, 2.75) is 38.0 Å². The molecule has 8 heteroatoms. The van der Waals surface area contributed by atoms with Gasteiger partial charge >= 0.3 is 6.18 Å². The minimum atomic E-state index is -4.42. The molecule has 0 spiro atoms. The summed E-state index contributed by atoms with van der Waals surface area (Å²) in [4.78, 5) is 16.8. The number of aliphatic hydroxyl groups excluding tert-OH is 1. The topological polar surface area (TPSA) is 74.2 Å². The van der Waals surface area contributed by atoms with Crippen molar-refractivity contribution in [2.75, 3.05) is 17.2 Å². The van der Waals surface area contributed by atoms with Crippen LogP contribution in [0.4, 0.5) is 24.7 Å². The summed E-state index contributed by atoms with van der Waals surface area (Å²) in [5.41, 5.74) is -0.181. The third-order valence-corrected chi connectivity index (χ3v) is 4.90. The molecule has 0 unspecified atom stereocenters. The van der Waals surface area contributed by atoms with E-state index in [-0.39, 0.29) is 11.8 Å². The van der Waals surface area contributed by atoms with Gasteiger partial charge in [-0.25, -0.2) is 4.98 Å². The summed E-state index contributed by atoms with van der Waals surface area (Å²) in [7, 11) is 0. The molecule has 1 aromatic carbocycles. The van der Waals surface area contributed by atoms with Gasteiger partial charge in [-0.2, -0.15) is 13.2 Å². The minimum absolute atomic E-state index is 0.226. The van der Waals surface area contributed by atoms with Crippen molar-refractivity contribution in [3.63, 3.8) is 0 Å². The summed E-state index contributed by atoms with van der Waals surface area (Å²) in [6.07, 6.45) is 0.296. The Morgan fingerprint density at radius 1 is 1.11 bits per heavy atom. The van der Waals surface area contributed by atoms with Crippen LogP contribution in [0.1, 0.15) is 41.6 Å². The number of hydrogen-bond donors (Lipinski definition) is 3. The molecule has 0 atom stereocenters. The van der Waals surface area contributed by atoms with E-state index in [1.165, 1.54) is 12.1 Å².